The molecule has 180 valence electrons. The van der Waals surface area contributed by atoms with Gasteiger partial charge >= 0.3 is 0 Å². The van der Waals surface area contributed by atoms with E-state index in [2.05, 4.69) is 18.8 Å². The molecule has 0 radical (unpaired) electrons. The van der Waals surface area contributed by atoms with E-state index in [0.29, 0.717) is 42.5 Å². The normalized spacial score (nSPS) is 18.6. The van der Waals surface area contributed by atoms with Crippen LogP contribution in [0.3, 0.4) is 0 Å². The first-order valence-electron chi connectivity index (χ1n) is 11.7. The molecule has 0 spiro atoms. The lowest BCUT2D eigenvalue weighted by molar-refractivity contribution is -0.139. The average molecular weight is 474 g/mol. The van der Waals surface area contributed by atoms with Crippen molar-refractivity contribution in [3.8, 4) is 11.5 Å². The molecule has 1 aromatic heterocycles. The standard InChI is InChI=1S/C27H27N3O5/c1-17(2)18-4-6-19(7-5-18)24-23(25(31)20-8-9-21-22(14-20)35-16-34-21)26(32)27(33)30(24)12-3-11-29-13-10-28-15-29/h4-10,13-15,17,24,31H,3,11-12,16H2,1-2H3/b25-23+. The minimum absolute atomic E-state index is 0.0776. The zero-order valence-electron chi connectivity index (χ0n) is 19.7. The van der Waals surface area contributed by atoms with Crippen LogP contribution < -0.4 is 9.47 Å². The Hall–Kier alpha value is -4.07. The van der Waals surface area contributed by atoms with Crippen LogP contribution in [0.4, 0.5) is 0 Å². The number of likely N-dealkylation sites (tertiary alicyclic amines) is 1. The summed E-state index contributed by atoms with van der Waals surface area (Å²) in [4.78, 5) is 32.0. The van der Waals surface area contributed by atoms with E-state index in [-0.39, 0.29) is 18.1 Å². The Morgan fingerprint density at radius 1 is 1.09 bits per heavy atom. The second kappa shape index (κ2) is 9.29. The monoisotopic (exact) mass is 473 g/mol. The molecule has 0 aliphatic carbocycles. The number of aromatic nitrogens is 2. The van der Waals surface area contributed by atoms with Gasteiger partial charge in [-0.15, -0.1) is 0 Å². The molecule has 1 atom stereocenters. The number of hydrogen-bond acceptors (Lipinski definition) is 6. The van der Waals surface area contributed by atoms with Crippen LogP contribution in [-0.4, -0.2) is 44.6 Å². The van der Waals surface area contributed by atoms with E-state index in [1.54, 1.807) is 35.6 Å². The topological polar surface area (TPSA) is 93.9 Å². The third-order valence-corrected chi connectivity index (χ3v) is 6.48. The molecule has 8 nitrogen and oxygen atoms in total. The van der Waals surface area contributed by atoms with E-state index in [0.717, 1.165) is 11.1 Å². The lowest BCUT2D eigenvalue weighted by atomic mass is 9.93. The minimum atomic E-state index is -0.694. The Labute approximate surface area is 203 Å². The van der Waals surface area contributed by atoms with Gasteiger partial charge < -0.3 is 24.0 Å². The maximum absolute atomic E-state index is 13.2. The number of hydrogen-bond donors (Lipinski definition) is 1. The summed E-state index contributed by atoms with van der Waals surface area (Å²) < 4.78 is 12.7. The molecule has 8 heteroatoms. The highest BCUT2D eigenvalue weighted by molar-refractivity contribution is 6.46. The molecule has 5 rings (SSSR count). The molecule has 35 heavy (non-hydrogen) atoms. The maximum atomic E-state index is 13.2. The lowest BCUT2D eigenvalue weighted by Gasteiger charge is -2.26. The number of amides is 1. The Morgan fingerprint density at radius 3 is 2.57 bits per heavy atom. The number of Topliss-reactive ketones (excluding diaryl/α,β-unsaturated/α-hetero) is 1. The molecule has 2 aliphatic heterocycles. The van der Waals surface area contributed by atoms with Gasteiger partial charge in [-0.25, -0.2) is 4.98 Å². The van der Waals surface area contributed by atoms with Crippen molar-refractivity contribution in [3.63, 3.8) is 0 Å². The highest BCUT2D eigenvalue weighted by Crippen LogP contribution is 2.41. The molecule has 2 aliphatic rings. The molecule has 3 aromatic rings. The molecular weight excluding hydrogens is 446 g/mol. The number of ketones is 1. The molecular formula is C27H27N3O5. The van der Waals surface area contributed by atoms with Crippen molar-refractivity contribution in [1.82, 2.24) is 14.5 Å². The predicted octanol–water partition coefficient (Wildman–Crippen LogP) is 4.25. The quantitative estimate of drug-likeness (QED) is 0.313. The average Bonchev–Trinajstić information content (AvgIpc) is 3.60. The molecule has 2 aromatic carbocycles. The zero-order chi connectivity index (χ0) is 24.5. The number of ether oxygens (including phenoxy) is 2. The largest absolute Gasteiger partial charge is 0.507 e. The summed E-state index contributed by atoms with van der Waals surface area (Å²) >= 11 is 0. The van der Waals surface area contributed by atoms with Crippen molar-refractivity contribution in [2.45, 2.75) is 38.8 Å². The van der Waals surface area contributed by atoms with Gasteiger partial charge in [0.2, 0.25) is 6.79 Å². The van der Waals surface area contributed by atoms with Crippen molar-refractivity contribution in [2.24, 2.45) is 0 Å². The fraction of sp³-hybridized carbons (Fsp3) is 0.296. The van der Waals surface area contributed by atoms with Crippen molar-refractivity contribution in [3.05, 3.63) is 83.4 Å². The van der Waals surface area contributed by atoms with E-state index in [4.69, 9.17) is 9.47 Å². The molecule has 3 heterocycles. The van der Waals surface area contributed by atoms with Gasteiger partial charge in [0, 0.05) is 31.0 Å². The Kier molecular flexibility index (Phi) is 6.03. The van der Waals surface area contributed by atoms with Gasteiger partial charge in [0.25, 0.3) is 11.7 Å². The zero-order valence-corrected chi connectivity index (χ0v) is 19.7. The first kappa shape index (κ1) is 22.7. The molecule has 1 unspecified atom stereocenters. The molecule has 1 fully saturated rings. The Morgan fingerprint density at radius 2 is 1.86 bits per heavy atom. The maximum Gasteiger partial charge on any atom is 0.295 e. The number of aryl methyl sites for hydroxylation is 1. The fourth-order valence-corrected chi connectivity index (χ4v) is 4.56. The SMILES string of the molecule is CC(C)c1ccc(C2/C(=C(\O)c3ccc4c(c3)OCO4)C(=O)C(=O)N2CCCn2ccnc2)cc1. The van der Waals surface area contributed by atoms with Crippen LogP contribution in [-0.2, 0) is 16.1 Å². The van der Waals surface area contributed by atoms with Crippen molar-refractivity contribution < 1.29 is 24.2 Å². The van der Waals surface area contributed by atoms with E-state index in [1.165, 1.54) is 0 Å². The van der Waals surface area contributed by atoms with Gasteiger partial charge in [-0.3, -0.25) is 9.59 Å². The predicted molar refractivity (Wildman–Crippen MR) is 129 cm³/mol. The van der Waals surface area contributed by atoms with Crippen LogP contribution >= 0.6 is 0 Å². The van der Waals surface area contributed by atoms with E-state index in [9.17, 15) is 14.7 Å². The first-order chi connectivity index (χ1) is 16.9. The van der Waals surface area contributed by atoms with Gasteiger partial charge in [0.1, 0.15) is 5.76 Å². The molecule has 0 bridgehead atoms. The highest BCUT2D eigenvalue weighted by Gasteiger charge is 2.45. The van der Waals surface area contributed by atoms with Crippen molar-refractivity contribution in [2.75, 3.05) is 13.3 Å². The number of aliphatic hydroxyl groups excluding tert-OH is 1. The summed E-state index contributed by atoms with van der Waals surface area (Å²) in [6.07, 6.45) is 5.91. The summed E-state index contributed by atoms with van der Waals surface area (Å²) in [5, 5.41) is 11.3. The van der Waals surface area contributed by atoms with Crippen molar-refractivity contribution >= 4 is 17.4 Å². The van der Waals surface area contributed by atoms with Crippen LogP contribution in [0.5, 0.6) is 11.5 Å². The summed E-state index contributed by atoms with van der Waals surface area (Å²) in [6.45, 7) is 5.33. The molecule has 0 saturated carbocycles. The summed E-state index contributed by atoms with van der Waals surface area (Å²) in [7, 11) is 0. The fourth-order valence-electron chi connectivity index (χ4n) is 4.56. The highest BCUT2D eigenvalue weighted by atomic mass is 16.7. The lowest BCUT2D eigenvalue weighted by Crippen LogP contribution is -2.31. The number of aliphatic hydroxyl groups is 1. The van der Waals surface area contributed by atoms with Crippen molar-refractivity contribution in [1.29, 1.82) is 0 Å². The number of rotatable bonds is 7. The number of imidazole rings is 1. The first-order valence-corrected chi connectivity index (χ1v) is 11.7. The second-order valence-corrected chi connectivity index (χ2v) is 9.04. The smallest absolute Gasteiger partial charge is 0.295 e. The summed E-state index contributed by atoms with van der Waals surface area (Å²) in [5.74, 6) is -0.128. The van der Waals surface area contributed by atoms with Crippen LogP contribution in [0.1, 0.15) is 48.9 Å². The third kappa shape index (κ3) is 4.27. The summed E-state index contributed by atoms with van der Waals surface area (Å²) in [5.41, 5.74) is 2.41. The second-order valence-electron chi connectivity index (χ2n) is 9.04. The summed E-state index contributed by atoms with van der Waals surface area (Å²) in [6, 6.07) is 12.2. The third-order valence-electron chi connectivity index (χ3n) is 6.48. The molecule has 1 saturated heterocycles. The van der Waals surface area contributed by atoms with E-state index in [1.807, 2.05) is 35.0 Å². The Balaban J connectivity index is 1.53. The number of fused-ring (bicyclic) bond motifs is 1. The van der Waals surface area contributed by atoms with Gasteiger partial charge in [-0.05, 0) is 41.7 Å². The van der Waals surface area contributed by atoms with Crippen LogP contribution in [0.2, 0.25) is 0 Å². The number of benzene rings is 2. The van der Waals surface area contributed by atoms with Gasteiger partial charge in [0.05, 0.1) is 17.9 Å². The van der Waals surface area contributed by atoms with Crippen LogP contribution in [0.25, 0.3) is 5.76 Å². The van der Waals surface area contributed by atoms with Crippen LogP contribution in [0, 0.1) is 0 Å². The van der Waals surface area contributed by atoms with E-state index < -0.39 is 17.7 Å². The minimum Gasteiger partial charge on any atom is -0.507 e. The molecule has 1 amide bonds. The number of nitrogens with zero attached hydrogens (tertiary/aromatic N) is 3. The number of carbonyl (C=O) groups is 2. The van der Waals surface area contributed by atoms with E-state index >= 15 is 0 Å². The number of carbonyl (C=O) groups excluding carboxylic acids is 2. The van der Waals surface area contributed by atoms with Gasteiger partial charge in [-0.2, -0.15) is 0 Å². The van der Waals surface area contributed by atoms with Gasteiger partial charge in [0.15, 0.2) is 11.5 Å². The van der Waals surface area contributed by atoms with Crippen LogP contribution in [0.15, 0.2) is 66.8 Å². The molecule has 1 N–H and O–H groups in total. The Bertz CT molecular complexity index is 1280. The van der Waals surface area contributed by atoms with Gasteiger partial charge in [-0.1, -0.05) is 38.1 Å².